The van der Waals surface area contributed by atoms with Gasteiger partial charge in [-0.05, 0) is 41.1 Å². The van der Waals surface area contributed by atoms with Gasteiger partial charge in [0.1, 0.15) is 11.0 Å². The van der Waals surface area contributed by atoms with Crippen LogP contribution in [0.1, 0.15) is 21.6 Å². The van der Waals surface area contributed by atoms with Crippen LogP contribution in [0, 0.1) is 12.7 Å². The Kier molecular flexibility index (Phi) is 4.06. The molecule has 1 aromatic carbocycles. The zero-order chi connectivity index (χ0) is 14.2. The van der Waals surface area contributed by atoms with E-state index in [2.05, 4.69) is 21.0 Å². The predicted molar refractivity (Wildman–Crippen MR) is 75.1 cm³/mol. The largest absolute Gasteiger partial charge is 0.294 e. The standard InChI is InChI=1S/C13H11BrClFN2O/c1-7-9(13(15)18(2)17-7)6-12(19)8-3-4-11(16)10(14)5-8/h3-5H,6H2,1-2H3. The SMILES string of the molecule is Cc1nn(C)c(Cl)c1CC(=O)c1ccc(F)c(Br)c1. The maximum atomic E-state index is 13.1. The van der Waals surface area contributed by atoms with Crippen LogP contribution in [0.3, 0.4) is 0 Å². The fourth-order valence-corrected chi connectivity index (χ4v) is 2.43. The molecule has 3 nitrogen and oxygen atoms in total. The van der Waals surface area contributed by atoms with Crippen molar-refractivity contribution in [3.63, 3.8) is 0 Å². The van der Waals surface area contributed by atoms with Crippen LogP contribution in [-0.2, 0) is 13.5 Å². The molecule has 0 atom stereocenters. The minimum absolute atomic E-state index is 0.126. The van der Waals surface area contributed by atoms with Gasteiger partial charge >= 0.3 is 0 Å². The molecule has 0 aliphatic rings. The van der Waals surface area contributed by atoms with Crippen LogP contribution in [0.5, 0.6) is 0 Å². The lowest BCUT2D eigenvalue weighted by atomic mass is 10.0. The van der Waals surface area contributed by atoms with Crippen molar-refractivity contribution in [1.29, 1.82) is 0 Å². The van der Waals surface area contributed by atoms with Crippen molar-refractivity contribution in [2.24, 2.45) is 7.05 Å². The van der Waals surface area contributed by atoms with Crippen molar-refractivity contribution >= 4 is 33.3 Å². The fourth-order valence-electron chi connectivity index (χ4n) is 1.81. The highest BCUT2D eigenvalue weighted by atomic mass is 79.9. The Morgan fingerprint density at radius 1 is 1.53 bits per heavy atom. The molecule has 19 heavy (non-hydrogen) atoms. The van der Waals surface area contributed by atoms with Gasteiger partial charge in [0.15, 0.2) is 5.78 Å². The highest BCUT2D eigenvalue weighted by Gasteiger charge is 2.16. The molecule has 0 saturated heterocycles. The number of hydrogen-bond acceptors (Lipinski definition) is 2. The van der Waals surface area contributed by atoms with E-state index in [1.165, 1.54) is 22.9 Å². The van der Waals surface area contributed by atoms with Crippen molar-refractivity contribution in [2.45, 2.75) is 13.3 Å². The normalized spacial score (nSPS) is 10.8. The van der Waals surface area contributed by atoms with Crippen LogP contribution in [0.4, 0.5) is 4.39 Å². The van der Waals surface area contributed by atoms with Crippen LogP contribution < -0.4 is 0 Å². The Morgan fingerprint density at radius 3 is 2.74 bits per heavy atom. The summed E-state index contributed by atoms with van der Waals surface area (Å²) in [6.07, 6.45) is 0.149. The van der Waals surface area contributed by atoms with Crippen LogP contribution >= 0.6 is 27.5 Å². The van der Waals surface area contributed by atoms with Crippen LogP contribution in [0.2, 0.25) is 5.15 Å². The molecule has 2 rings (SSSR count). The first kappa shape index (κ1) is 14.2. The van der Waals surface area contributed by atoms with E-state index in [0.717, 1.165) is 5.69 Å². The Bertz CT molecular complexity index is 654. The molecule has 0 amide bonds. The molecule has 0 aliphatic heterocycles. The molecule has 2 aromatic rings. The van der Waals surface area contributed by atoms with Crippen molar-refractivity contribution < 1.29 is 9.18 Å². The zero-order valence-electron chi connectivity index (χ0n) is 10.4. The number of Topliss-reactive ketones (excluding diaryl/α,β-unsaturated/α-hetero) is 1. The minimum atomic E-state index is -0.396. The number of aryl methyl sites for hydroxylation is 2. The number of halogens is 3. The van der Waals surface area contributed by atoms with Gasteiger partial charge in [0.25, 0.3) is 0 Å². The van der Waals surface area contributed by atoms with E-state index in [1.807, 2.05) is 0 Å². The molecule has 6 heteroatoms. The van der Waals surface area contributed by atoms with Crippen molar-refractivity contribution in [3.05, 3.63) is 50.5 Å². The Balaban J connectivity index is 2.28. The summed E-state index contributed by atoms with van der Waals surface area (Å²) in [6, 6.07) is 4.19. The highest BCUT2D eigenvalue weighted by Crippen LogP contribution is 2.22. The van der Waals surface area contributed by atoms with Crippen LogP contribution in [-0.4, -0.2) is 15.6 Å². The Labute approximate surface area is 123 Å². The molecule has 1 heterocycles. The molecule has 100 valence electrons. The number of carbonyl (C=O) groups is 1. The summed E-state index contributed by atoms with van der Waals surface area (Å²) in [7, 11) is 1.72. The Morgan fingerprint density at radius 2 is 2.21 bits per heavy atom. The number of nitrogens with zero attached hydrogens (tertiary/aromatic N) is 2. The number of benzene rings is 1. The summed E-state index contributed by atoms with van der Waals surface area (Å²) in [5.41, 5.74) is 1.87. The number of aromatic nitrogens is 2. The number of ketones is 1. The van der Waals surface area contributed by atoms with Crippen LogP contribution in [0.15, 0.2) is 22.7 Å². The minimum Gasteiger partial charge on any atom is -0.294 e. The zero-order valence-corrected chi connectivity index (χ0v) is 12.7. The maximum Gasteiger partial charge on any atom is 0.167 e. The van der Waals surface area contributed by atoms with Gasteiger partial charge in [-0.1, -0.05) is 11.6 Å². The first-order valence-corrected chi connectivity index (χ1v) is 6.73. The second-order valence-electron chi connectivity index (χ2n) is 4.21. The smallest absolute Gasteiger partial charge is 0.167 e. The summed E-state index contributed by atoms with van der Waals surface area (Å²) in [5.74, 6) is -0.522. The third-order valence-corrected chi connectivity index (χ3v) is 3.93. The van der Waals surface area contributed by atoms with E-state index in [-0.39, 0.29) is 16.7 Å². The molecule has 0 N–H and O–H groups in total. The highest BCUT2D eigenvalue weighted by molar-refractivity contribution is 9.10. The first-order chi connectivity index (χ1) is 8.90. The van der Waals surface area contributed by atoms with E-state index in [1.54, 1.807) is 14.0 Å². The van der Waals surface area contributed by atoms with E-state index < -0.39 is 5.82 Å². The van der Waals surface area contributed by atoms with E-state index in [9.17, 15) is 9.18 Å². The second-order valence-corrected chi connectivity index (χ2v) is 5.42. The topological polar surface area (TPSA) is 34.9 Å². The van der Waals surface area contributed by atoms with Gasteiger partial charge in [-0.15, -0.1) is 0 Å². The van der Waals surface area contributed by atoms with Gasteiger partial charge in [0, 0.05) is 24.6 Å². The lowest BCUT2D eigenvalue weighted by Gasteiger charge is -2.03. The van der Waals surface area contributed by atoms with Gasteiger partial charge in [0.2, 0.25) is 0 Å². The van der Waals surface area contributed by atoms with Crippen molar-refractivity contribution in [1.82, 2.24) is 9.78 Å². The van der Waals surface area contributed by atoms with Gasteiger partial charge in [-0.2, -0.15) is 5.10 Å². The quantitative estimate of drug-likeness (QED) is 0.795. The average molecular weight is 346 g/mol. The third-order valence-electron chi connectivity index (χ3n) is 2.85. The molecular weight excluding hydrogens is 335 g/mol. The maximum absolute atomic E-state index is 13.1. The fraction of sp³-hybridized carbons (Fsp3) is 0.231. The number of hydrogen-bond donors (Lipinski definition) is 0. The molecular formula is C13H11BrClFN2O. The lowest BCUT2D eigenvalue weighted by molar-refractivity contribution is 0.0992. The summed E-state index contributed by atoms with van der Waals surface area (Å²) >= 11 is 9.14. The number of rotatable bonds is 3. The molecule has 0 aliphatic carbocycles. The molecule has 0 unspecified atom stereocenters. The molecule has 0 saturated carbocycles. The molecule has 1 aromatic heterocycles. The summed E-state index contributed by atoms with van der Waals surface area (Å²) in [6.45, 7) is 1.80. The van der Waals surface area contributed by atoms with Crippen LogP contribution in [0.25, 0.3) is 0 Å². The average Bonchev–Trinajstić information content (AvgIpc) is 2.59. The predicted octanol–water partition coefficient (Wildman–Crippen LogP) is 3.71. The summed E-state index contributed by atoms with van der Waals surface area (Å²) in [4.78, 5) is 12.2. The second kappa shape index (κ2) is 5.43. The lowest BCUT2D eigenvalue weighted by Crippen LogP contribution is -2.05. The third kappa shape index (κ3) is 2.87. The van der Waals surface area contributed by atoms with Crippen molar-refractivity contribution in [2.75, 3.05) is 0 Å². The number of carbonyl (C=O) groups excluding carboxylic acids is 1. The monoisotopic (exact) mass is 344 g/mol. The van der Waals surface area contributed by atoms with Gasteiger partial charge < -0.3 is 0 Å². The first-order valence-electron chi connectivity index (χ1n) is 5.56. The van der Waals surface area contributed by atoms with Gasteiger partial charge in [-0.3, -0.25) is 9.48 Å². The van der Waals surface area contributed by atoms with E-state index in [0.29, 0.717) is 16.3 Å². The summed E-state index contributed by atoms with van der Waals surface area (Å²) in [5, 5.41) is 4.60. The molecule has 0 spiro atoms. The molecule has 0 bridgehead atoms. The van der Waals surface area contributed by atoms with Crippen molar-refractivity contribution in [3.8, 4) is 0 Å². The van der Waals surface area contributed by atoms with Gasteiger partial charge in [0.05, 0.1) is 10.2 Å². The Hall–Kier alpha value is -1.20. The van der Waals surface area contributed by atoms with Gasteiger partial charge in [-0.25, -0.2) is 4.39 Å². The molecule has 0 radical (unpaired) electrons. The molecule has 0 fully saturated rings. The summed E-state index contributed by atoms with van der Waals surface area (Å²) < 4.78 is 14.9. The van der Waals surface area contributed by atoms with E-state index >= 15 is 0 Å². The van der Waals surface area contributed by atoms with E-state index in [4.69, 9.17) is 11.6 Å².